The van der Waals surface area contributed by atoms with E-state index in [-0.39, 0.29) is 16.7 Å². The molecular formula is C20H20ClN3O3S. The topological polar surface area (TPSA) is 82.3 Å². The molecule has 0 saturated carbocycles. The maximum Gasteiger partial charge on any atom is 0.243 e. The van der Waals surface area contributed by atoms with Gasteiger partial charge in [-0.3, -0.25) is 4.79 Å². The number of H-pyrrole nitrogens is 1. The van der Waals surface area contributed by atoms with Gasteiger partial charge in [-0.1, -0.05) is 11.6 Å². The number of rotatable bonds is 4. The van der Waals surface area contributed by atoms with Gasteiger partial charge < -0.3 is 10.3 Å². The van der Waals surface area contributed by atoms with Crippen molar-refractivity contribution in [1.82, 2.24) is 9.29 Å². The second-order valence-corrected chi connectivity index (χ2v) is 9.28. The van der Waals surface area contributed by atoms with Gasteiger partial charge in [0.15, 0.2) is 0 Å². The fourth-order valence-corrected chi connectivity index (χ4v) is 5.09. The summed E-state index contributed by atoms with van der Waals surface area (Å²) in [6, 6.07) is 13.8. The van der Waals surface area contributed by atoms with Crippen molar-refractivity contribution >= 4 is 44.1 Å². The van der Waals surface area contributed by atoms with Crippen molar-refractivity contribution in [3.05, 3.63) is 59.8 Å². The van der Waals surface area contributed by atoms with Crippen LogP contribution in [0.3, 0.4) is 0 Å². The van der Waals surface area contributed by atoms with Crippen molar-refractivity contribution in [2.24, 2.45) is 5.92 Å². The highest BCUT2D eigenvalue weighted by Crippen LogP contribution is 2.26. The number of aromatic nitrogens is 1. The quantitative estimate of drug-likeness (QED) is 0.676. The Morgan fingerprint density at radius 2 is 1.79 bits per heavy atom. The average Bonchev–Trinajstić information content (AvgIpc) is 3.16. The zero-order chi connectivity index (χ0) is 19.7. The summed E-state index contributed by atoms with van der Waals surface area (Å²) >= 11 is 5.84. The lowest BCUT2D eigenvalue weighted by Crippen LogP contribution is -2.41. The molecule has 146 valence electrons. The van der Waals surface area contributed by atoms with Crippen molar-refractivity contribution in [3.63, 3.8) is 0 Å². The Morgan fingerprint density at radius 3 is 2.50 bits per heavy atom. The first-order valence-corrected chi connectivity index (χ1v) is 10.9. The van der Waals surface area contributed by atoms with Gasteiger partial charge in [-0.05, 0) is 61.4 Å². The lowest BCUT2D eigenvalue weighted by Gasteiger charge is -2.30. The number of benzene rings is 2. The van der Waals surface area contributed by atoms with E-state index in [9.17, 15) is 13.2 Å². The molecule has 4 rings (SSSR count). The van der Waals surface area contributed by atoms with Gasteiger partial charge in [-0.15, -0.1) is 0 Å². The third kappa shape index (κ3) is 3.78. The first kappa shape index (κ1) is 19.0. The second kappa shape index (κ2) is 7.58. The first-order valence-electron chi connectivity index (χ1n) is 9.07. The van der Waals surface area contributed by atoms with Gasteiger partial charge >= 0.3 is 0 Å². The van der Waals surface area contributed by atoms with E-state index in [4.69, 9.17) is 11.6 Å². The molecule has 2 heterocycles. The van der Waals surface area contributed by atoms with E-state index >= 15 is 0 Å². The van der Waals surface area contributed by atoms with Crippen LogP contribution in [0.5, 0.6) is 0 Å². The third-order valence-electron chi connectivity index (χ3n) is 5.10. The number of aromatic amines is 1. The molecule has 2 N–H and O–H groups in total. The van der Waals surface area contributed by atoms with Crippen LogP contribution < -0.4 is 5.32 Å². The van der Waals surface area contributed by atoms with Gasteiger partial charge in [0.1, 0.15) is 0 Å². The van der Waals surface area contributed by atoms with Crippen molar-refractivity contribution in [2.75, 3.05) is 18.4 Å². The first-order chi connectivity index (χ1) is 13.4. The zero-order valence-electron chi connectivity index (χ0n) is 15.1. The summed E-state index contributed by atoms with van der Waals surface area (Å²) < 4.78 is 26.9. The van der Waals surface area contributed by atoms with E-state index < -0.39 is 10.0 Å². The molecule has 0 spiro atoms. The lowest BCUT2D eigenvalue weighted by molar-refractivity contribution is -0.120. The minimum atomic E-state index is -3.57. The highest BCUT2D eigenvalue weighted by atomic mass is 35.5. The number of hydrogen-bond donors (Lipinski definition) is 2. The van der Waals surface area contributed by atoms with E-state index in [0.717, 1.165) is 16.6 Å². The van der Waals surface area contributed by atoms with Crippen LogP contribution in [0.4, 0.5) is 5.69 Å². The molecule has 3 aromatic rings. The largest absolute Gasteiger partial charge is 0.361 e. The zero-order valence-corrected chi connectivity index (χ0v) is 16.6. The van der Waals surface area contributed by atoms with E-state index in [0.29, 0.717) is 31.0 Å². The minimum absolute atomic E-state index is 0.0709. The summed E-state index contributed by atoms with van der Waals surface area (Å²) in [6.45, 7) is 0.639. The maximum atomic E-state index is 12.7. The molecule has 28 heavy (non-hydrogen) atoms. The summed E-state index contributed by atoms with van der Waals surface area (Å²) in [4.78, 5) is 15.9. The molecule has 0 bridgehead atoms. The molecule has 0 unspecified atom stereocenters. The van der Waals surface area contributed by atoms with Crippen LogP contribution in [0.15, 0.2) is 59.6 Å². The highest BCUT2D eigenvalue weighted by Gasteiger charge is 2.32. The fourth-order valence-electron chi connectivity index (χ4n) is 3.49. The van der Waals surface area contributed by atoms with E-state index in [1.165, 1.54) is 16.4 Å². The Bertz CT molecular complexity index is 1100. The van der Waals surface area contributed by atoms with E-state index in [1.54, 1.807) is 12.1 Å². The van der Waals surface area contributed by atoms with Crippen molar-refractivity contribution in [2.45, 2.75) is 17.7 Å². The smallest absolute Gasteiger partial charge is 0.243 e. The SMILES string of the molecule is O=C(Nc1ccc2[nH]ccc2c1)C1CCN(S(=O)(=O)c2ccc(Cl)cc2)CC1. The Morgan fingerprint density at radius 1 is 1.07 bits per heavy atom. The normalized spacial score (nSPS) is 16.3. The van der Waals surface area contributed by atoms with Crippen molar-refractivity contribution in [3.8, 4) is 0 Å². The molecular weight excluding hydrogens is 398 g/mol. The second-order valence-electron chi connectivity index (χ2n) is 6.90. The Hall–Kier alpha value is -2.35. The monoisotopic (exact) mass is 417 g/mol. The molecule has 1 amide bonds. The Balaban J connectivity index is 1.39. The maximum absolute atomic E-state index is 12.7. The number of anilines is 1. The van der Waals surface area contributed by atoms with E-state index in [1.807, 2.05) is 30.5 Å². The van der Waals surface area contributed by atoms with E-state index in [2.05, 4.69) is 10.3 Å². The number of nitrogens with zero attached hydrogens (tertiary/aromatic N) is 1. The van der Waals surface area contributed by atoms with Crippen LogP contribution in [0.1, 0.15) is 12.8 Å². The average molecular weight is 418 g/mol. The summed E-state index contributed by atoms with van der Waals surface area (Å²) in [7, 11) is -3.57. The number of amides is 1. The van der Waals surface area contributed by atoms with Gasteiger partial charge in [0.2, 0.25) is 15.9 Å². The predicted octanol–water partition coefficient (Wildman–Crippen LogP) is 3.86. The Labute approximate surface area is 168 Å². The standard InChI is InChI=1S/C20H20ClN3O3S/c21-16-1-4-18(5-2-16)28(26,27)24-11-8-14(9-12-24)20(25)23-17-3-6-19-15(13-17)7-10-22-19/h1-7,10,13-14,22H,8-9,11-12H2,(H,23,25). The molecule has 8 heteroatoms. The number of piperidine rings is 1. The number of nitrogens with one attached hydrogen (secondary N) is 2. The van der Waals surface area contributed by atoms with Crippen LogP contribution in [-0.4, -0.2) is 36.7 Å². The van der Waals surface area contributed by atoms with Crippen LogP contribution in [0.25, 0.3) is 10.9 Å². The van der Waals surface area contributed by atoms with Crippen LogP contribution >= 0.6 is 11.6 Å². The molecule has 1 aliphatic heterocycles. The molecule has 2 aromatic carbocycles. The summed E-state index contributed by atoms with van der Waals surface area (Å²) in [5.74, 6) is -0.281. The predicted molar refractivity (Wildman–Crippen MR) is 110 cm³/mol. The molecule has 1 aliphatic rings. The van der Waals surface area contributed by atoms with Crippen molar-refractivity contribution in [1.29, 1.82) is 0 Å². The minimum Gasteiger partial charge on any atom is -0.361 e. The van der Waals surface area contributed by atoms with Gasteiger partial charge in [-0.2, -0.15) is 4.31 Å². The number of hydrogen-bond acceptors (Lipinski definition) is 3. The summed E-state index contributed by atoms with van der Waals surface area (Å²) in [5, 5.41) is 4.47. The molecule has 6 nitrogen and oxygen atoms in total. The van der Waals surface area contributed by atoms with Gasteiger partial charge in [0.25, 0.3) is 0 Å². The van der Waals surface area contributed by atoms with Crippen molar-refractivity contribution < 1.29 is 13.2 Å². The molecule has 1 saturated heterocycles. The number of carbonyl (C=O) groups is 1. The summed E-state index contributed by atoms with van der Waals surface area (Å²) in [5.41, 5.74) is 1.76. The van der Waals surface area contributed by atoms with Crippen LogP contribution in [0.2, 0.25) is 5.02 Å². The molecule has 1 aromatic heterocycles. The molecule has 0 aliphatic carbocycles. The molecule has 0 atom stereocenters. The highest BCUT2D eigenvalue weighted by molar-refractivity contribution is 7.89. The van der Waals surface area contributed by atoms with Gasteiger partial charge in [0.05, 0.1) is 4.90 Å². The molecule has 0 radical (unpaired) electrons. The van der Waals surface area contributed by atoms with Gasteiger partial charge in [-0.25, -0.2) is 8.42 Å². The third-order valence-corrected chi connectivity index (χ3v) is 7.26. The van der Waals surface area contributed by atoms with Gasteiger partial charge in [0, 0.05) is 46.8 Å². The molecule has 1 fully saturated rings. The fraction of sp³-hybridized carbons (Fsp3) is 0.250. The summed E-state index contributed by atoms with van der Waals surface area (Å²) in [6.07, 6.45) is 2.84. The number of halogens is 1. The van der Waals surface area contributed by atoms with Crippen LogP contribution in [-0.2, 0) is 14.8 Å². The number of fused-ring (bicyclic) bond motifs is 1. The van der Waals surface area contributed by atoms with Crippen LogP contribution in [0, 0.1) is 5.92 Å². The number of sulfonamides is 1. The Kier molecular flexibility index (Phi) is 5.14. The number of carbonyl (C=O) groups excluding carboxylic acids is 1. The lowest BCUT2D eigenvalue weighted by atomic mass is 9.97.